The molecule has 0 saturated carbocycles. The first-order valence-electron chi connectivity index (χ1n) is 10.2. The van der Waals surface area contributed by atoms with Crippen LogP contribution in [-0.4, -0.2) is 18.6 Å². The summed E-state index contributed by atoms with van der Waals surface area (Å²) in [7, 11) is 0. The zero-order valence-corrected chi connectivity index (χ0v) is 16.3. The third-order valence-corrected chi connectivity index (χ3v) is 4.59. The van der Waals surface area contributed by atoms with Crippen LogP contribution in [0, 0.1) is 0 Å². The summed E-state index contributed by atoms with van der Waals surface area (Å²) in [5.74, 6) is -0.0725. The highest BCUT2D eigenvalue weighted by molar-refractivity contribution is 5.91. The fourth-order valence-corrected chi connectivity index (χ4v) is 3.00. The van der Waals surface area contributed by atoms with Crippen molar-refractivity contribution in [1.29, 1.82) is 0 Å². The molecule has 1 N–H and O–H groups in total. The van der Waals surface area contributed by atoms with Gasteiger partial charge in [-0.1, -0.05) is 89.8 Å². The Morgan fingerprint density at radius 2 is 1.52 bits per heavy atom. The number of ether oxygens (including phenoxy) is 1. The van der Waals surface area contributed by atoms with Crippen molar-refractivity contribution in [2.75, 3.05) is 11.9 Å². The molecule has 1 amide bonds. The Kier molecular flexibility index (Phi) is 13.0. The van der Waals surface area contributed by atoms with Gasteiger partial charge in [0.2, 0.25) is 5.91 Å². The monoisotopic (exact) mass is 347 g/mol. The quantitative estimate of drug-likeness (QED) is 0.376. The highest BCUT2D eigenvalue weighted by atomic mass is 16.5. The minimum Gasteiger partial charge on any atom is -0.368 e. The van der Waals surface area contributed by atoms with Crippen molar-refractivity contribution >= 4 is 11.6 Å². The summed E-state index contributed by atoms with van der Waals surface area (Å²) in [6.45, 7) is 4.54. The van der Waals surface area contributed by atoms with E-state index in [4.69, 9.17) is 4.74 Å². The van der Waals surface area contributed by atoms with Crippen molar-refractivity contribution in [2.45, 2.75) is 90.6 Å². The van der Waals surface area contributed by atoms with Crippen LogP contribution in [-0.2, 0) is 9.53 Å². The molecule has 0 saturated heterocycles. The molecule has 0 bridgehead atoms. The average molecular weight is 348 g/mol. The molecule has 0 fully saturated rings. The highest BCUT2D eigenvalue weighted by Crippen LogP contribution is 2.14. The summed E-state index contributed by atoms with van der Waals surface area (Å²) in [4.78, 5) is 11.9. The molecule has 1 rings (SSSR count). The molecule has 0 aliphatic carbocycles. The second-order valence-electron chi connectivity index (χ2n) is 6.87. The summed E-state index contributed by atoms with van der Waals surface area (Å²) < 4.78 is 5.79. The van der Waals surface area contributed by atoms with Gasteiger partial charge in [-0.05, 0) is 25.0 Å². The number of hydrogen-bond donors (Lipinski definition) is 1. The van der Waals surface area contributed by atoms with Gasteiger partial charge in [0.1, 0.15) is 6.61 Å². The van der Waals surface area contributed by atoms with Crippen molar-refractivity contribution in [3.8, 4) is 0 Å². The van der Waals surface area contributed by atoms with Gasteiger partial charge >= 0.3 is 0 Å². The van der Waals surface area contributed by atoms with Gasteiger partial charge in [0.25, 0.3) is 0 Å². The molecule has 1 unspecified atom stereocenters. The molecule has 25 heavy (non-hydrogen) atoms. The van der Waals surface area contributed by atoms with Crippen LogP contribution in [0.15, 0.2) is 30.3 Å². The third-order valence-electron chi connectivity index (χ3n) is 4.59. The number of para-hydroxylation sites is 1. The summed E-state index contributed by atoms with van der Waals surface area (Å²) in [6, 6.07) is 9.53. The largest absolute Gasteiger partial charge is 0.368 e. The van der Waals surface area contributed by atoms with Crippen molar-refractivity contribution in [2.24, 2.45) is 0 Å². The van der Waals surface area contributed by atoms with E-state index in [1.807, 2.05) is 30.3 Å². The first-order valence-corrected chi connectivity index (χ1v) is 10.2. The fraction of sp³-hybridized carbons (Fsp3) is 0.682. The molecule has 0 radical (unpaired) electrons. The predicted molar refractivity (Wildman–Crippen MR) is 107 cm³/mol. The Balaban J connectivity index is 2.03. The van der Waals surface area contributed by atoms with Crippen LogP contribution in [0.2, 0.25) is 0 Å². The van der Waals surface area contributed by atoms with E-state index in [9.17, 15) is 4.79 Å². The van der Waals surface area contributed by atoms with E-state index in [0.717, 1.165) is 18.5 Å². The van der Waals surface area contributed by atoms with E-state index in [1.165, 1.54) is 57.8 Å². The first-order chi connectivity index (χ1) is 12.3. The molecule has 3 nitrogen and oxygen atoms in total. The van der Waals surface area contributed by atoms with Crippen LogP contribution in [0.5, 0.6) is 0 Å². The zero-order valence-electron chi connectivity index (χ0n) is 16.3. The van der Waals surface area contributed by atoms with Gasteiger partial charge in [0, 0.05) is 5.69 Å². The number of amides is 1. The average Bonchev–Trinajstić information content (AvgIpc) is 2.63. The van der Waals surface area contributed by atoms with Crippen LogP contribution in [0.1, 0.15) is 84.5 Å². The van der Waals surface area contributed by atoms with E-state index < -0.39 is 0 Å². The number of anilines is 1. The highest BCUT2D eigenvalue weighted by Gasteiger charge is 2.09. The lowest BCUT2D eigenvalue weighted by molar-refractivity contribution is -0.122. The van der Waals surface area contributed by atoms with Gasteiger partial charge in [0.05, 0.1) is 6.10 Å². The molecule has 0 spiro atoms. The van der Waals surface area contributed by atoms with Crippen LogP contribution in [0.3, 0.4) is 0 Å². The minimum absolute atomic E-state index is 0.0725. The van der Waals surface area contributed by atoms with Gasteiger partial charge in [-0.2, -0.15) is 0 Å². The van der Waals surface area contributed by atoms with Gasteiger partial charge in [-0.15, -0.1) is 0 Å². The standard InChI is InChI=1S/C22H37NO2/c1-3-5-6-7-8-9-10-11-15-18-21(4-2)25-19-22(24)23-20-16-13-12-14-17-20/h12-14,16-17,21H,3-11,15,18-19H2,1-2H3,(H,23,24). The number of carbonyl (C=O) groups excluding carboxylic acids is 1. The molecule has 0 aliphatic heterocycles. The van der Waals surface area contributed by atoms with E-state index in [0.29, 0.717) is 0 Å². The van der Waals surface area contributed by atoms with Gasteiger partial charge in [0.15, 0.2) is 0 Å². The Hall–Kier alpha value is -1.35. The lowest BCUT2D eigenvalue weighted by Gasteiger charge is -2.16. The Bertz CT molecular complexity index is 433. The van der Waals surface area contributed by atoms with Crippen molar-refractivity contribution in [3.05, 3.63) is 30.3 Å². The van der Waals surface area contributed by atoms with E-state index in [-0.39, 0.29) is 18.6 Å². The Morgan fingerprint density at radius 3 is 2.12 bits per heavy atom. The smallest absolute Gasteiger partial charge is 0.250 e. The summed E-state index contributed by atoms with van der Waals surface area (Å²) in [5, 5.41) is 2.86. The summed E-state index contributed by atoms with van der Waals surface area (Å²) >= 11 is 0. The lowest BCUT2D eigenvalue weighted by atomic mass is 10.0. The van der Waals surface area contributed by atoms with Crippen molar-refractivity contribution in [3.63, 3.8) is 0 Å². The maximum atomic E-state index is 11.9. The predicted octanol–water partition coefficient (Wildman–Crippen LogP) is 6.34. The maximum Gasteiger partial charge on any atom is 0.250 e. The number of benzene rings is 1. The molecule has 0 aromatic heterocycles. The number of rotatable bonds is 15. The van der Waals surface area contributed by atoms with Gasteiger partial charge < -0.3 is 10.1 Å². The molecular weight excluding hydrogens is 310 g/mol. The Morgan fingerprint density at radius 1 is 0.920 bits per heavy atom. The minimum atomic E-state index is -0.0725. The maximum absolute atomic E-state index is 11.9. The molecule has 1 atom stereocenters. The second kappa shape index (κ2) is 14.9. The van der Waals surface area contributed by atoms with Gasteiger partial charge in [-0.25, -0.2) is 0 Å². The van der Waals surface area contributed by atoms with E-state index in [2.05, 4.69) is 19.2 Å². The molecule has 1 aromatic rings. The van der Waals surface area contributed by atoms with Crippen LogP contribution >= 0.6 is 0 Å². The SMILES string of the molecule is CCCCCCCCCCCC(CC)OCC(=O)Nc1ccccc1. The fourth-order valence-electron chi connectivity index (χ4n) is 3.00. The van der Waals surface area contributed by atoms with Crippen molar-refractivity contribution < 1.29 is 9.53 Å². The van der Waals surface area contributed by atoms with E-state index >= 15 is 0 Å². The van der Waals surface area contributed by atoms with Crippen LogP contribution < -0.4 is 5.32 Å². The normalized spacial score (nSPS) is 12.1. The molecule has 0 heterocycles. The van der Waals surface area contributed by atoms with E-state index in [1.54, 1.807) is 0 Å². The molecule has 3 heteroatoms. The lowest BCUT2D eigenvalue weighted by Crippen LogP contribution is -2.23. The topological polar surface area (TPSA) is 38.3 Å². The van der Waals surface area contributed by atoms with Crippen molar-refractivity contribution in [1.82, 2.24) is 0 Å². The van der Waals surface area contributed by atoms with Crippen LogP contribution in [0.4, 0.5) is 5.69 Å². The van der Waals surface area contributed by atoms with Crippen LogP contribution in [0.25, 0.3) is 0 Å². The summed E-state index contributed by atoms with van der Waals surface area (Å²) in [5.41, 5.74) is 0.822. The number of nitrogens with one attached hydrogen (secondary N) is 1. The molecule has 142 valence electrons. The molecule has 1 aromatic carbocycles. The summed E-state index contributed by atoms with van der Waals surface area (Å²) in [6.07, 6.45) is 14.3. The number of carbonyl (C=O) groups is 1. The number of unbranched alkanes of at least 4 members (excludes halogenated alkanes) is 8. The zero-order chi connectivity index (χ0) is 18.2. The number of hydrogen-bond acceptors (Lipinski definition) is 2. The molecule has 0 aliphatic rings. The first kappa shape index (κ1) is 21.7. The third kappa shape index (κ3) is 11.8. The molecular formula is C22H37NO2. The second-order valence-corrected chi connectivity index (χ2v) is 6.87. The van der Waals surface area contributed by atoms with Gasteiger partial charge in [-0.3, -0.25) is 4.79 Å². The Labute approximate surface area is 154 Å².